The molecule has 2 aliphatic rings. The Morgan fingerprint density at radius 3 is 2.76 bits per heavy atom. The maximum atomic E-state index is 13.4. The van der Waals surface area contributed by atoms with Gasteiger partial charge in [0.1, 0.15) is 11.7 Å². The summed E-state index contributed by atoms with van der Waals surface area (Å²) in [6, 6.07) is 1.38. The third-order valence-corrected chi connectivity index (χ3v) is 6.91. The standard InChI is InChI=1S/C27H39N3O4/c1-5-6-8-11-21-14-23-25(28-15-21)34-24(19(2)16-30(27(23)33)20(3)18-31)17-29(4)26(32)22-12-9-7-10-13-22/h14-15,19-20,22,24,31H,5-7,9-10,12-13,16-18H2,1-4H3/t19-,20-,24+/m1/s1. The summed E-state index contributed by atoms with van der Waals surface area (Å²) in [4.78, 5) is 34.4. The van der Waals surface area contributed by atoms with Crippen LogP contribution in [-0.2, 0) is 4.79 Å². The van der Waals surface area contributed by atoms with Gasteiger partial charge in [0, 0.05) is 43.6 Å². The Balaban J connectivity index is 1.88. The van der Waals surface area contributed by atoms with Crippen molar-refractivity contribution in [3.8, 4) is 17.7 Å². The van der Waals surface area contributed by atoms with E-state index in [0.29, 0.717) is 24.2 Å². The summed E-state index contributed by atoms with van der Waals surface area (Å²) in [7, 11) is 1.84. The maximum Gasteiger partial charge on any atom is 0.259 e. The van der Waals surface area contributed by atoms with Crippen LogP contribution in [0.15, 0.2) is 12.3 Å². The number of unbranched alkanes of at least 4 members (excludes halogenated alkanes) is 1. The minimum Gasteiger partial charge on any atom is -0.472 e. The first kappa shape index (κ1) is 26.0. The lowest BCUT2D eigenvalue weighted by Crippen LogP contribution is -2.51. The Morgan fingerprint density at radius 1 is 1.35 bits per heavy atom. The van der Waals surface area contributed by atoms with Gasteiger partial charge in [-0.05, 0) is 32.3 Å². The van der Waals surface area contributed by atoms with E-state index in [1.807, 2.05) is 20.9 Å². The van der Waals surface area contributed by atoms with Crippen LogP contribution in [0, 0.1) is 23.7 Å². The molecule has 0 unspecified atom stereocenters. The van der Waals surface area contributed by atoms with Crippen molar-refractivity contribution in [2.75, 3.05) is 26.7 Å². The number of amides is 2. The van der Waals surface area contributed by atoms with Crippen LogP contribution in [0.2, 0.25) is 0 Å². The second-order valence-electron chi connectivity index (χ2n) is 9.80. The minimum absolute atomic E-state index is 0.0569. The molecule has 0 radical (unpaired) electrons. The van der Waals surface area contributed by atoms with Gasteiger partial charge in [0.05, 0.1) is 19.2 Å². The predicted molar refractivity (Wildman–Crippen MR) is 131 cm³/mol. The number of pyridine rings is 1. The van der Waals surface area contributed by atoms with Crippen molar-refractivity contribution in [2.45, 2.75) is 77.9 Å². The molecule has 1 aromatic rings. The number of aliphatic hydroxyl groups excluding tert-OH is 1. The van der Waals surface area contributed by atoms with Gasteiger partial charge in [-0.1, -0.05) is 45.0 Å². The molecule has 1 aliphatic heterocycles. The molecule has 0 aromatic carbocycles. The topological polar surface area (TPSA) is 83.0 Å². The average Bonchev–Trinajstić information content (AvgIpc) is 2.86. The Bertz CT molecular complexity index is 916. The second-order valence-corrected chi connectivity index (χ2v) is 9.80. The van der Waals surface area contributed by atoms with Crippen LogP contribution in [0.25, 0.3) is 0 Å². The summed E-state index contributed by atoms with van der Waals surface area (Å²) >= 11 is 0. The molecule has 7 heteroatoms. The number of carbonyl (C=O) groups is 2. The zero-order chi connectivity index (χ0) is 24.7. The fourth-order valence-electron chi connectivity index (χ4n) is 4.70. The van der Waals surface area contributed by atoms with Crippen molar-refractivity contribution in [1.82, 2.24) is 14.8 Å². The molecule has 3 rings (SSSR count). The number of aromatic nitrogens is 1. The summed E-state index contributed by atoms with van der Waals surface area (Å²) < 4.78 is 6.31. The molecule has 1 fully saturated rings. The van der Waals surface area contributed by atoms with Crippen LogP contribution in [0.4, 0.5) is 0 Å². The molecule has 1 aliphatic carbocycles. The third kappa shape index (κ3) is 6.29. The first-order chi connectivity index (χ1) is 16.3. The normalized spacial score (nSPS) is 21.9. The highest BCUT2D eigenvalue weighted by atomic mass is 16.5. The van der Waals surface area contributed by atoms with E-state index in [1.165, 1.54) is 6.42 Å². The predicted octanol–water partition coefficient (Wildman–Crippen LogP) is 3.49. The highest BCUT2D eigenvalue weighted by Crippen LogP contribution is 2.29. The molecule has 3 atom stereocenters. The second kappa shape index (κ2) is 12.2. The molecule has 0 spiro atoms. The molecule has 0 bridgehead atoms. The molecule has 186 valence electrons. The van der Waals surface area contributed by atoms with E-state index in [9.17, 15) is 14.7 Å². The largest absolute Gasteiger partial charge is 0.472 e. The number of nitrogens with zero attached hydrogens (tertiary/aromatic N) is 3. The molecule has 0 saturated heterocycles. The zero-order valence-corrected chi connectivity index (χ0v) is 21.0. The molecular formula is C27H39N3O4. The van der Waals surface area contributed by atoms with Crippen LogP contribution < -0.4 is 4.74 Å². The lowest BCUT2D eigenvalue weighted by molar-refractivity contribution is -0.136. The first-order valence-corrected chi connectivity index (χ1v) is 12.7. The number of rotatable bonds is 6. The Morgan fingerprint density at radius 2 is 2.09 bits per heavy atom. The number of aliphatic hydroxyl groups is 1. The van der Waals surface area contributed by atoms with Crippen molar-refractivity contribution in [2.24, 2.45) is 11.8 Å². The quantitative estimate of drug-likeness (QED) is 0.645. The molecule has 1 N–H and O–H groups in total. The van der Waals surface area contributed by atoms with Gasteiger partial charge in [-0.2, -0.15) is 0 Å². The molecule has 7 nitrogen and oxygen atoms in total. The van der Waals surface area contributed by atoms with Gasteiger partial charge >= 0.3 is 0 Å². The Hall–Kier alpha value is -2.59. The third-order valence-electron chi connectivity index (χ3n) is 6.91. The van der Waals surface area contributed by atoms with E-state index in [0.717, 1.165) is 38.5 Å². The zero-order valence-electron chi connectivity index (χ0n) is 21.0. The number of fused-ring (bicyclic) bond motifs is 1. The smallest absolute Gasteiger partial charge is 0.259 e. The van der Waals surface area contributed by atoms with E-state index in [2.05, 4.69) is 23.7 Å². The lowest BCUT2D eigenvalue weighted by atomic mass is 9.88. The van der Waals surface area contributed by atoms with E-state index < -0.39 is 0 Å². The molecule has 2 amide bonds. The van der Waals surface area contributed by atoms with Gasteiger partial charge in [-0.3, -0.25) is 9.59 Å². The van der Waals surface area contributed by atoms with Crippen LogP contribution >= 0.6 is 0 Å². The molecule has 1 saturated carbocycles. The summed E-state index contributed by atoms with van der Waals surface area (Å²) in [5.41, 5.74) is 1.01. The van der Waals surface area contributed by atoms with Crippen molar-refractivity contribution in [3.63, 3.8) is 0 Å². The van der Waals surface area contributed by atoms with Crippen LogP contribution in [-0.4, -0.2) is 70.6 Å². The summed E-state index contributed by atoms with van der Waals surface area (Å²) in [5.74, 6) is 6.40. The maximum absolute atomic E-state index is 13.4. The lowest BCUT2D eigenvalue weighted by Gasteiger charge is -2.38. The fourth-order valence-corrected chi connectivity index (χ4v) is 4.70. The van der Waals surface area contributed by atoms with Crippen molar-refractivity contribution < 1.29 is 19.4 Å². The van der Waals surface area contributed by atoms with Crippen molar-refractivity contribution in [3.05, 3.63) is 23.4 Å². The fraction of sp³-hybridized carbons (Fsp3) is 0.667. The molecule has 1 aromatic heterocycles. The molecular weight excluding hydrogens is 430 g/mol. The van der Waals surface area contributed by atoms with Gasteiger partial charge < -0.3 is 19.6 Å². The molecule has 2 heterocycles. The van der Waals surface area contributed by atoms with Gasteiger partial charge in [-0.25, -0.2) is 4.98 Å². The van der Waals surface area contributed by atoms with Gasteiger partial charge in [0.15, 0.2) is 0 Å². The number of ether oxygens (including phenoxy) is 1. The highest BCUT2D eigenvalue weighted by Gasteiger charge is 2.35. The van der Waals surface area contributed by atoms with E-state index in [1.54, 1.807) is 22.1 Å². The van der Waals surface area contributed by atoms with Gasteiger partial charge in [0.2, 0.25) is 11.8 Å². The number of hydrogen-bond acceptors (Lipinski definition) is 5. The first-order valence-electron chi connectivity index (χ1n) is 12.7. The van der Waals surface area contributed by atoms with Gasteiger partial charge in [-0.15, -0.1) is 0 Å². The summed E-state index contributed by atoms with van der Waals surface area (Å²) in [5, 5.41) is 9.81. The number of hydrogen-bond donors (Lipinski definition) is 1. The van der Waals surface area contributed by atoms with E-state index >= 15 is 0 Å². The number of carbonyl (C=O) groups excluding carboxylic acids is 2. The molecule has 34 heavy (non-hydrogen) atoms. The van der Waals surface area contributed by atoms with Crippen LogP contribution in [0.5, 0.6) is 5.88 Å². The van der Waals surface area contributed by atoms with Crippen LogP contribution in [0.3, 0.4) is 0 Å². The van der Waals surface area contributed by atoms with Crippen molar-refractivity contribution in [1.29, 1.82) is 0 Å². The number of likely N-dealkylation sites (N-methyl/N-ethyl adjacent to an activating group) is 1. The van der Waals surface area contributed by atoms with Gasteiger partial charge in [0.25, 0.3) is 5.91 Å². The summed E-state index contributed by atoms with van der Waals surface area (Å²) in [6.07, 6.45) is 8.36. The van der Waals surface area contributed by atoms with E-state index in [-0.39, 0.29) is 48.3 Å². The van der Waals surface area contributed by atoms with Crippen molar-refractivity contribution >= 4 is 11.8 Å². The summed E-state index contributed by atoms with van der Waals surface area (Å²) in [6.45, 7) is 6.62. The Labute approximate surface area is 203 Å². The van der Waals surface area contributed by atoms with E-state index in [4.69, 9.17) is 4.74 Å². The van der Waals surface area contributed by atoms with Crippen LogP contribution in [0.1, 0.15) is 81.6 Å². The Kier molecular flexibility index (Phi) is 9.35. The minimum atomic E-state index is -0.349. The average molecular weight is 470 g/mol. The SMILES string of the molecule is CCCC#Cc1cnc2c(c1)C(=O)N([C@H](C)CO)C[C@@H](C)[C@H](CN(C)C(=O)C1CCCCC1)O2. The highest BCUT2D eigenvalue weighted by molar-refractivity contribution is 5.97. The monoisotopic (exact) mass is 469 g/mol.